The van der Waals surface area contributed by atoms with Crippen LogP contribution in [0.2, 0.25) is 0 Å². The van der Waals surface area contributed by atoms with Gasteiger partial charge in [0.25, 0.3) is 0 Å². The minimum atomic E-state index is -0.477. The molecule has 1 N–H and O–H groups in total. The number of hydrogen-bond donors (Lipinski definition) is 1. The van der Waals surface area contributed by atoms with E-state index in [1.165, 1.54) is 36.8 Å². The van der Waals surface area contributed by atoms with Crippen LogP contribution in [0.4, 0.5) is 9.52 Å². The number of aromatic nitrogens is 3. The van der Waals surface area contributed by atoms with Gasteiger partial charge in [-0.15, -0.1) is 11.3 Å². The quantitative estimate of drug-likeness (QED) is 0.510. The maximum Gasteiger partial charge on any atom is 0.228 e. The number of nitrogens with one attached hydrogen (secondary N) is 1. The lowest BCUT2D eigenvalue weighted by Gasteiger charge is -2.08. The van der Waals surface area contributed by atoms with Crippen LogP contribution in [0.5, 0.6) is 5.75 Å². The van der Waals surface area contributed by atoms with Gasteiger partial charge < -0.3 is 10.1 Å². The highest BCUT2D eigenvalue weighted by Gasteiger charge is 2.11. The van der Waals surface area contributed by atoms with Crippen LogP contribution in [0.1, 0.15) is 6.42 Å². The van der Waals surface area contributed by atoms with Crippen LogP contribution in [-0.4, -0.2) is 27.8 Å². The molecule has 0 atom stereocenters. The summed E-state index contributed by atoms with van der Waals surface area (Å²) in [6.45, 7) is 0.314. The first kappa shape index (κ1) is 19.7. The number of thiazole rings is 1. The van der Waals surface area contributed by atoms with Crippen molar-refractivity contribution < 1.29 is 13.9 Å². The van der Waals surface area contributed by atoms with Crippen LogP contribution in [0, 0.1) is 5.82 Å². The van der Waals surface area contributed by atoms with Crippen molar-refractivity contribution in [3.05, 3.63) is 70.1 Å². The minimum Gasteiger partial charge on any atom is -0.494 e. The molecule has 2 aromatic heterocycles. The molecule has 0 aliphatic heterocycles. The molecule has 0 spiro atoms. The van der Waals surface area contributed by atoms with Gasteiger partial charge in [0, 0.05) is 22.8 Å². The fourth-order valence-electron chi connectivity index (χ4n) is 3.02. The van der Waals surface area contributed by atoms with Gasteiger partial charge in [0.15, 0.2) is 16.7 Å². The normalized spacial score (nSPS) is 10.9. The summed E-state index contributed by atoms with van der Waals surface area (Å²) in [4.78, 5) is 28.6. The standard InChI is InChI=1S/C21H17FN4O3S/c1-29-19-7-6-13(10-15(19)22)16-12-30-21(24-16)25-20(28)8-9-26-17-5-3-2-4-14(17)18(27)11-23-26/h2-7,10-12H,8-9H2,1H3,(H,24,25,28). The topological polar surface area (TPSA) is 86.1 Å². The van der Waals surface area contributed by atoms with Crippen LogP contribution in [0.25, 0.3) is 22.2 Å². The summed E-state index contributed by atoms with van der Waals surface area (Å²) in [7, 11) is 1.40. The van der Waals surface area contributed by atoms with Gasteiger partial charge in [-0.3, -0.25) is 14.3 Å². The summed E-state index contributed by atoms with van der Waals surface area (Å²) in [5.41, 5.74) is 1.67. The molecule has 0 bridgehead atoms. The summed E-state index contributed by atoms with van der Waals surface area (Å²) in [6, 6.07) is 11.7. The second kappa shape index (κ2) is 8.42. The van der Waals surface area contributed by atoms with E-state index in [1.54, 1.807) is 34.3 Å². The number of ether oxygens (including phenoxy) is 1. The summed E-state index contributed by atoms with van der Waals surface area (Å²) in [5, 5.41) is 9.59. The van der Waals surface area contributed by atoms with Crippen molar-refractivity contribution >= 4 is 33.3 Å². The molecule has 30 heavy (non-hydrogen) atoms. The molecule has 152 valence electrons. The van der Waals surface area contributed by atoms with Crippen molar-refractivity contribution in [3.63, 3.8) is 0 Å². The second-order valence-electron chi connectivity index (χ2n) is 6.43. The molecule has 2 heterocycles. The highest BCUT2D eigenvalue weighted by Crippen LogP contribution is 2.28. The number of anilines is 1. The van der Waals surface area contributed by atoms with Crippen molar-refractivity contribution in [2.75, 3.05) is 12.4 Å². The van der Waals surface area contributed by atoms with E-state index in [4.69, 9.17) is 4.74 Å². The molecule has 0 unspecified atom stereocenters. The molecule has 0 radical (unpaired) electrons. The number of amides is 1. The fraction of sp³-hybridized carbons (Fsp3) is 0.143. The Bertz CT molecular complexity index is 1280. The van der Waals surface area contributed by atoms with Gasteiger partial charge in [0.05, 0.1) is 31.1 Å². The maximum atomic E-state index is 13.9. The average molecular weight is 424 g/mol. The molecule has 0 aliphatic rings. The van der Waals surface area contributed by atoms with E-state index >= 15 is 0 Å². The Balaban J connectivity index is 1.43. The molecule has 4 rings (SSSR count). The van der Waals surface area contributed by atoms with Gasteiger partial charge in [-0.1, -0.05) is 12.1 Å². The number of carbonyl (C=O) groups is 1. The van der Waals surface area contributed by atoms with E-state index in [1.807, 2.05) is 6.07 Å². The summed E-state index contributed by atoms with van der Waals surface area (Å²) in [6.07, 6.45) is 1.41. The number of methoxy groups -OCH3 is 1. The predicted octanol–water partition coefficient (Wildman–Crippen LogP) is 3.70. The third kappa shape index (κ3) is 4.06. The maximum absolute atomic E-state index is 13.9. The highest BCUT2D eigenvalue weighted by molar-refractivity contribution is 7.14. The van der Waals surface area contributed by atoms with Gasteiger partial charge >= 0.3 is 0 Å². The molecule has 2 aromatic carbocycles. The van der Waals surface area contributed by atoms with Crippen LogP contribution in [0.15, 0.2) is 58.8 Å². The summed E-state index contributed by atoms with van der Waals surface area (Å²) < 4.78 is 20.4. The first-order chi connectivity index (χ1) is 14.5. The molecule has 7 nitrogen and oxygen atoms in total. The lowest BCUT2D eigenvalue weighted by atomic mass is 10.1. The Kier molecular flexibility index (Phi) is 5.53. The van der Waals surface area contributed by atoms with Gasteiger partial charge in [-0.05, 0) is 30.3 Å². The predicted molar refractivity (Wildman–Crippen MR) is 113 cm³/mol. The van der Waals surface area contributed by atoms with Gasteiger partial charge in [0.1, 0.15) is 0 Å². The lowest BCUT2D eigenvalue weighted by Crippen LogP contribution is -2.17. The first-order valence-corrected chi connectivity index (χ1v) is 9.97. The molecule has 0 saturated carbocycles. The van der Waals surface area contributed by atoms with Crippen molar-refractivity contribution in [3.8, 4) is 17.0 Å². The fourth-order valence-corrected chi connectivity index (χ4v) is 3.75. The Hall–Kier alpha value is -3.59. The van der Waals surface area contributed by atoms with Crippen LogP contribution >= 0.6 is 11.3 Å². The van der Waals surface area contributed by atoms with E-state index in [2.05, 4.69) is 15.4 Å². The Labute approximate surface area is 174 Å². The van der Waals surface area contributed by atoms with Crippen LogP contribution in [-0.2, 0) is 11.3 Å². The number of benzene rings is 2. The van der Waals surface area contributed by atoms with Crippen molar-refractivity contribution in [1.82, 2.24) is 14.8 Å². The van der Waals surface area contributed by atoms with Gasteiger partial charge in [-0.2, -0.15) is 5.10 Å². The minimum absolute atomic E-state index is 0.156. The molecule has 4 aromatic rings. The lowest BCUT2D eigenvalue weighted by molar-refractivity contribution is -0.116. The number of halogens is 1. The van der Waals surface area contributed by atoms with Crippen molar-refractivity contribution in [2.45, 2.75) is 13.0 Å². The monoisotopic (exact) mass is 424 g/mol. The average Bonchev–Trinajstić information content (AvgIpc) is 3.22. The summed E-state index contributed by atoms with van der Waals surface area (Å²) in [5.74, 6) is -0.554. The van der Waals surface area contributed by atoms with Crippen molar-refractivity contribution in [2.24, 2.45) is 0 Å². The van der Waals surface area contributed by atoms with Crippen molar-refractivity contribution in [1.29, 1.82) is 0 Å². The third-order valence-electron chi connectivity index (χ3n) is 4.51. The molecule has 0 aliphatic carbocycles. The number of para-hydroxylation sites is 1. The van der Waals surface area contributed by atoms with E-state index in [9.17, 15) is 14.0 Å². The number of fused-ring (bicyclic) bond motifs is 1. The number of aryl methyl sites for hydroxylation is 1. The van der Waals surface area contributed by atoms with Gasteiger partial charge in [0.2, 0.25) is 11.3 Å². The van der Waals surface area contributed by atoms with Gasteiger partial charge in [-0.25, -0.2) is 9.37 Å². The Morgan fingerprint density at radius 3 is 2.90 bits per heavy atom. The zero-order chi connectivity index (χ0) is 21.1. The zero-order valence-corrected chi connectivity index (χ0v) is 16.8. The largest absolute Gasteiger partial charge is 0.494 e. The van der Waals surface area contributed by atoms with Crippen LogP contribution in [0.3, 0.4) is 0 Å². The number of carbonyl (C=O) groups excluding carboxylic acids is 1. The number of hydrogen-bond acceptors (Lipinski definition) is 6. The van der Waals surface area contributed by atoms with E-state index in [0.717, 1.165) is 0 Å². The Morgan fingerprint density at radius 1 is 1.27 bits per heavy atom. The molecule has 1 amide bonds. The number of nitrogens with zero attached hydrogens (tertiary/aromatic N) is 3. The molecular formula is C21H17FN4O3S. The van der Waals surface area contributed by atoms with E-state index in [0.29, 0.717) is 33.8 Å². The Morgan fingerprint density at radius 2 is 2.10 bits per heavy atom. The number of rotatable bonds is 6. The van der Waals surface area contributed by atoms with E-state index < -0.39 is 5.82 Å². The highest BCUT2D eigenvalue weighted by atomic mass is 32.1. The molecule has 0 saturated heterocycles. The smallest absolute Gasteiger partial charge is 0.228 e. The zero-order valence-electron chi connectivity index (χ0n) is 16.0. The van der Waals surface area contributed by atoms with E-state index in [-0.39, 0.29) is 23.5 Å². The first-order valence-electron chi connectivity index (χ1n) is 9.09. The molecular weight excluding hydrogens is 407 g/mol. The van der Waals surface area contributed by atoms with Crippen LogP contribution < -0.4 is 15.5 Å². The molecule has 0 fully saturated rings. The SMILES string of the molecule is COc1ccc(-c2csc(NC(=O)CCn3ncc(=O)c4ccccc43)n2)cc1F. The summed E-state index contributed by atoms with van der Waals surface area (Å²) >= 11 is 1.25. The second-order valence-corrected chi connectivity index (χ2v) is 7.29. The third-order valence-corrected chi connectivity index (χ3v) is 5.27. The molecule has 9 heteroatoms.